The Morgan fingerprint density at radius 2 is 2.15 bits per heavy atom. The summed E-state index contributed by atoms with van der Waals surface area (Å²) >= 11 is 4.72. The third kappa shape index (κ3) is 3.02. The standard InChI is InChI=1S/C12H12BrN3O3S/c13-6-2-1-3-7-8(6)9(14)10(20-7)11(17)16-4-5-19-12(15)18/h1-3H,4-5,14H2,(H2,15,18)(H,16,17). The van der Waals surface area contributed by atoms with Crippen LogP contribution in [0.5, 0.6) is 0 Å². The minimum atomic E-state index is -0.871. The topological polar surface area (TPSA) is 107 Å². The Morgan fingerprint density at radius 1 is 1.40 bits per heavy atom. The predicted molar refractivity (Wildman–Crippen MR) is 81.8 cm³/mol. The number of carbonyl (C=O) groups is 2. The maximum absolute atomic E-state index is 12.0. The van der Waals surface area contributed by atoms with Crippen LogP contribution in [-0.4, -0.2) is 25.2 Å². The molecule has 0 saturated heterocycles. The number of nitrogen functional groups attached to an aromatic ring is 1. The van der Waals surface area contributed by atoms with Gasteiger partial charge in [0.25, 0.3) is 5.91 Å². The number of primary amides is 1. The van der Waals surface area contributed by atoms with Gasteiger partial charge in [-0.25, -0.2) is 4.79 Å². The van der Waals surface area contributed by atoms with Crippen molar-refractivity contribution in [1.82, 2.24) is 5.32 Å². The summed E-state index contributed by atoms with van der Waals surface area (Å²) in [6.07, 6.45) is -0.871. The van der Waals surface area contributed by atoms with Crippen LogP contribution in [0.25, 0.3) is 10.1 Å². The van der Waals surface area contributed by atoms with Gasteiger partial charge < -0.3 is 21.5 Å². The van der Waals surface area contributed by atoms with Crippen LogP contribution in [0.15, 0.2) is 22.7 Å². The number of fused-ring (bicyclic) bond motifs is 1. The molecule has 8 heteroatoms. The number of thiophene rings is 1. The molecule has 2 amide bonds. The molecule has 2 aromatic rings. The maximum Gasteiger partial charge on any atom is 0.404 e. The van der Waals surface area contributed by atoms with Gasteiger partial charge in [0.05, 0.1) is 12.2 Å². The molecule has 0 spiro atoms. The average Bonchev–Trinajstić information content (AvgIpc) is 2.73. The van der Waals surface area contributed by atoms with E-state index in [4.69, 9.17) is 11.5 Å². The van der Waals surface area contributed by atoms with Crippen molar-refractivity contribution in [3.05, 3.63) is 27.5 Å². The van der Waals surface area contributed by atoms with Crippen molar-refractivity contribution in [1.29, 1.82) is 0 Å². The fourth-order valence-electron chi connectivity index (χ4n) is 1.69. The lowest BCUT2D eigenvalue weighted by Crippen LogP contribution is -2.28. The van der Waals surface area contributed by atoms with Crippen LogP contribution in [0.4, 0.5) is 10.5 Å². The van der Waals surface area contributed by atoms with E-state index in [0.29, 0.717) is 10.6 Å². The molecule has 0 unspecified atom stereocenters. The summed E-state index contributed by atoms with van der Waals surface area (Å²) in [5.74, 6) is -0.302. The van der Waals surface area contributed by atoms with Crippen LogP contribution in [0.1, 0.15) is 9.67 Å². The third-order valence-corrected chi connectivity index (χ3v) is 4.37. The smallest absolute Gasteiger partial charge is 0.404 e. The van der Waals surface area contributed by atoms with Crippen molar-refractivity contribution in [3.8, 4) is 0 Å². The zero-order chi connectivity index (χ0) is 14.7. The van der Waals surface area contributed by atoms with E-state index in [0.717, 1.165) is 14.6 Å². The van der Waals surface area contributed by atoms with Gasteiger partial charge in [0.2, 0.25) is 0 Å². The van der Waals surface area contributed by atoms with Gasteiger partial charge in [0.15, 0.2) is 0 Å². The first-order valence-electron chi connectivity index (χ1n) is 5.67. The summed E-state index contributed by atoms with van der Waals surface area (Å²) in [6, 6.07) is 5.65. The molecule has 20 heavy (non-hydrogen) atoms. The van der Waals surface area contributed by atoms with Gasteiger partial charge in [-0.05, 0) is 12.1 Å². The molecular weight excluding hydrogens is 346 g/mol. The number of halogens is 1. The lowest BCUT2D eigenvalue weighted by atomic mass is 10.2. The van der Waals surface area contributed by atoms with Crippen molar-refractivity contribution in [2.45, 2.75) is 0 Å². The fourth-order valence-corrected chi connectivity index (χ4v) is 3.47. The van der Waals surface area contributed by atoms with E-state index < -0.39 is 6.09 Å². The fraction of sp³-hybridized carbons (Fsp3) is 0.167. The number of nitrogens with one attached hydrogen (secondary N) is 1. The molecule has 2 rings (SSSR count). The highest BCUT2D eigenvalue weighted by molar-refractivity contribution is 9.10. The van der Waals surface area contributed by atoms with Crippen molar-refractivity contribution in [3.63, 3.8) is 0 Å². The number of hydrogen-bond donors (Lipinski definition) is 3. The van der Waals surface area contributed by atoms with Crippen LogP contribution >= 0.6 is 27.3 Å². The normalized spacial score (nSPS) is 10.4. The summed E-state index contributed by atoms with van der Waals surface area (Å²) in [5.41, 5.74) is 11.3. The SMILES string of the molecule is NC(=O)OCCNC(=O)c1sc2cccc(Br)c2c1N. The number of benzene rings is 1. The second-order valence-corrected chi connectivity index (χ2v) is 5.79. The summed E-state index contributed by atoms with van der Waals surface area (Å²) in [5, 5.41) is 3.45. The van der Waals surface area contributed by atoms with Crippen molar-refractivity contribution < 1.29 is 14.3 Å². The Bertz CT molecular complexity index is 671. The van der Waals surface area contributed by atoms with E-state index in [2.05, 4.69) is 26.0 Å². The van der Waals surface area contributed by atoms with Crippen LogP contribution < -0.4 is 16.8 Å². The molecule has 0 fully saturated rings. The number of rotatable bonds is 4. The molecule has 0 aliphatic heterocycles. The molecule has 0 atom stereocenters. The van der Waals surface area contributed by atoms with Crippen molar-refractivity contribution in [2.75, 3.05) is 18.9 Å². The van der Waals surface area contributed by atoms with E-state index in [1.165, 1.54) is 11.3 Å². The van der Waals surface area contributed by atoms with Crippen LogP contribution in [-0.2, 0) is 4.74 Å². The predicted octanol–water partition coefficient (Wildman–Crippen LogP) is 2.07. The highest BCUT2D eigenvalue weighted by Gasteiger charge is 2.17. The first-order valence-corrected chi connectivity index (χ1v) is 7.28. The maximum atomic E-state index is 12.0. The zero-order valence-corrected chi connectivity index (χ0v) is 12.7. The summed E-state index contributed by atoms with van der Waals surface area (Å²) < 4.78 is 6.30. The van der Waals surface area contributed by atoms with Crippen LogP contribution in [0.2, 0.25) is 0 Å². The number of ether oxygens (including phenoxy) is 1. The number of amides is 2. The molecule has 0 aliphatic carbocycles. The Morgan fingerprint density at radius 3 is 2.80 bits per heavy atom. The van der Waals surface area contributed by atoms with E-state index in [-0.39, 0.29) is 19.1 Å². The van der Waals surface area contributed by atoms with Gasteiger partial charge in [-0.3, -0.25) is 4.79 Å². The van der Waals surface area contributed by atoms with Crippen molar-refractivity contribution in [2.24, 2.45) is 5.73 Å². The average molecular weight is 358 g/mol. The number of anilines is 1. The molecule has 1 heterocycles. The van der Waals surface area contributed by atoms with Gasteiger partial charge >= 0.3 is 6.09 Å². The summed E-state index contributed by atoms with van der Waals surface area (Å²) in [7, 11) is 0. The lowest BCUT2D eigenvalue weighted by Gasteiger charge is -2.04. The van der Waals surface area contributed by atoms with E-state index in [1.807, 2.05) is 18.2 Å². The van der Waals surface area contributed by atoms with Gasteiger partial charge in [-0.2, -0.15) is 0 Å². The molecule has 6 nitrogen and oxygen atoms in total. The van der Waals surface area contributed by atoms with E-state index in [9.17, 15) is 9.59 Å². The molecule has 1 aromatic carbocycles. The monoisotopic (exact) mass is 357 g/mol. The van der Waals surface area contributed by atoms with Gasteiger partial charge in [0, 0.05) is 14.6 Å². The van der Waals surface area contributed by atoms with E-state index in [1.54, 1.807) is 0 Å². The summed E-state index contributed by atoms with van der Waals surface area (Å²) in [4.78, 5) is 22.8. The molecular formula is C12H12BrN3O3S. The Kier molecular flexibility index (Phi) is 4.46. The number of carbonyl (C=O) groups excluding carboxylic acids is 2. The minimum absolute atomic E-state index is 0.0234. The van der Waals surface area contributed by atoms with Gasteiger partial charge in [-0.15, -0.1) is 11.3 Å². The minimum Gasteiger partial charge on any atom is -0.448 e. The quantitative estimate of drug-likeness (QED) is 0.727. The second kappa shape index (κ2) is 6.10. The second-order valence-electron chi connectivity index (χ2n) is 3.88. The first kappa shape index (κ1) is 14.6. The van der Waals surface area contributed by atoms with Gasteiger partial charge in [0.1, 0.15) is 11.5 Å². The molecule has 106 valence electrons. The molecule has 0 saturated carbocycles. The largest absolute Gasteiger partial charge is 0.448 e. The van der Waals surface area contributed by atoms with Crippen LogP contribution in [0.3, 0.4) is 0 Å². The first-order chi connectivity index (χ1) is 9.50. The van der Waals surface area contributed by atoms with Gasteiger partial charge in [-0.1, -0.05) is 22.0 Å². The zero-order valence-electron chi connectivity index (χ0n) is 10.3. The molecule has 1 aromatic heterocycles. The highest BCUT2D eigenvalue weighted by atomic mass is 79.9. The highest BCUT2D eigenvalue weighted by Crippen LogP contribution is 2.37. The lowest BCUT2D eigenvalue weighted by molar-refractivity contribution is 0.0941. The number of hydrogen-bond acceptors (Lipinski definition) is 5. The Hall–Kier alpha value is -1.80. The Balaban J connectivity index is 2.13. The summed E-state index contributed by atoms with van der Waals surface area (Å²) in [6.45, 7) is 0.201. The van der Waals surface area contributed by atoms with E-state index >= 15 is 0 Å². The number of nitrogens with two attached hydrogens (primary N) is 2. The van der Waals surface area contributed by atoms with Crippen molar-refractivity contribution >= 4 is 55.0 Å². The third-order valence-electron chi connectivity index (χ3n) is 2.54. The Labute approximate surface area is 127 Å². The molecule has 0 radical (unpaired) electrons. The molecule has 5 N–H and O–H groups in total. The molecule has 0 aliphatic rings. The van der Waals surface area contributed by atoms with Crippen LogP contribution in [0, 0.1) is 0 Å². The molecule has 0 bridgehead atoms.